The number of hydroxylamine groups is 3. The molecule has 1 amide bonds. The Labute approximate surface area is 190 Å². The number of amides is 1. The van der Waals surface area contributed by atoms with Crippen molar-refractivity contribution in [1.29, 1.82) is 0 Å². The van der Waals surface area contributed by atoms with Crippen molar-refractivity contribution in [3.05, 3.63) is 41.7 Å². The number of hydrogen-bond acceptors (Lipinski definition) is 6. The SMILES string of the molecule is CC(C)[N+]1(O)CCC(c2ccc(Nc3nc(N4CCCCC4)cnc3C(N)=O)cc2)CC1. The van der Waals surface area contributed by atoms with E-state index in [-0.39, 0.29) is 16.4 Å². The lowest BCUT2D eigenvalue weighted by atomic mass is 9.88. The molecule has 0 radical (unpaired) electrons. The second-order valence-electron chi connectivity index (χ2n) is 9.39. The van der Waals surface area contributed by atoms with Crippen LogP contribution < -0.4 is 16.0 Å². The Hall–Kier alpha value is -2.71. The smallest absolute Gasteiger partial charge is 0.271 e. The van der Waals surface area contributed by atoms with Gasteiger partial charge in [-0.3, -0.25) is 4.79 Å². The number of nitrogens with one attached hydrogen (secondary N) is 1. The molecule has 0 spiro atoms. The molecule has 2 aliphatic heterocycles. The van der Waals surface area contributed by atoms with E-state index in [1.807, 2.05) is 12.1 Å². The molecule has 32 heavy (non-hydrogen) atoms. The van der Waals surface area contributed by atoms with Gasteiger partial charge in [0, 0.05) is 31.6 Å². The summed E-state index contributed by atoms with van der Waals surface area (Å²) in [6.45, 7) is 7.61. The number of nitrogens with zero attached hydrogens (tertiary/aromatic N) is 4. The van der Waals surface area contributed by atoms with Gasteiger partial charge in [-0.1, -0.05) is 12.1 Å². The van der Waals surface area contributed by atoms with Gasteiger partial charge in [0.2, 0.25) is 0 Å². The Bertz CT molecular complexity index is 932. The van der Waals surface area contributed by atoms with Gasteiger partial charge in [-0.15, -0.1) is 0 Å². The van der Waals surface area contributed by atoms with Crippen LogP contribution in [-0.4, -0.2) is 57.9 Å². The van der Waals surface area contributed by atoms with Crippen molar-refractivity contribution >= 4 is 23.2 Å². The second-order valence-corrected chi connectivity index (χ2v) is 9.39. The summed E-state index contributed by atoms with van der Waals surface area (Å²) in [6, 6.07) is 8.47. The lowest BCUT2D eigenvalue weighted by Gasteiger charge is -2.39. The topological polar surface area (TPSA) is 104 Å². The number of primary amides is 1. The Kier molecular flexibility index (Phi) is 6.62. The molecule has 2 fully saturated rings. The van der Waals surface area contributed by atoms with Crippen LogP contribution in [0.25, 0.3) is 0 Å². The standard InChI is InChI=1S/C24H34N6O2/c1-17(2)30(32)14-10-19(11-15-30)18-6-8-20(9-7-18)27-24-22(23(25)31)26-16-21(28-24)29-12-4-3-5-13-29/h6-9,16-17,19,32H,3-5,10-15H2,1-2H3,(H2-,25,27,28,31)/p+1. The molecule has 2 saturated heterocycles. The minimum Gasteiger partial charge on any atom is -0.364 e. The van der Waals surface area contributed by atoms with Crippen LogP contribution in [0.3, 0.4) is 0 Å². The average Bonchev–Trinajstić information content (AvgIpc) is 2.80. The maximum atomic E-state index is 11.9. The van der Waals surface area contributed by atoms with E-state index in [0.717, 1.165) is 63.4 Å². The van der Waals surface area contributed by atoms with Crippen LogP contribution >= 0.6 is 0 Å². The third kappa shape index (κ3) is 4.86. The van der Waals surface area contributed by atoms with Crippen molar-refractivity contribution in [1.82, 2.24) is 9.97 Å². The van der Waals surface area contributed by atoms with Crippen molar-refractivity contribution in [3.63, 3.8) is 0 Å². The van der Waals surface area contributed by atoms with Crippen LogP contribution in [-0.2, 0) is 0 Å². The van der Waals surface area contributed by atoms with E-state index < -0.39 is 5.91 Å². The molecule has 8 nitrogen and oxygen atoms in total. The predicted molar refractivity (Wildman–Crippen MR) is 125 cm³/mol. The Morgan fingerprint density at radius 1 is 1.16 bits per heavy atom. The Morgan fingerprint density at radius 3 is 2.41 bits per heavy atom. The van der Waals surface area contributed by atoms with Crippen LogP contribution in [0.5, 0.6) is 0 Å². The van der Waals surface area contributed by atoms with Gasteiger partial charge in [0.1, 0.15) is 24.9 Å². The molecule has 0 saturated carbocycles. The first-order valence-electron chi connectivity index (χ1n) is 11.7. The third-order valence-corrected chi connectivity index (χ3v) is 7.01. The van der Waals surface area contributed by atoms with Crippen molar-refractivity contribution in [2.75, 3.05) is 36.4 Å². The monoisotopic (exact) mass is 439 g/mol. The summed E-state index contributed by atoms with van der Waals surface area (Å²) in [6.07, 6.45) is 7.08. The van der Waals surface area contributed by atoms with Crippen molar-refractivity contribution in [2.24, 2.45) is 5.73 Å². The number of aromatic nitrogens is 2. The largest absolute Gasteiger partial charge is 0.364 e. The van der Waals surface area contributed by atoms with Crippen LogP contribution in [0.4, 0.5) is 17.3 Å². The zero-order valence-electron chi connectivity index (χ0n) is 19.1. The quantitative estimate of drug-likeness (QED) is 0.592. The lowest BCUT2D eigenvalue weighted by Crippen LogP contribution is -2.54. The molecule has 2 aliphatic rings. The summed E-state index contributed by atoms with van der Waals surface area (Å²) < 4.78 is 0.165. The summed E-state index contributed by atoms with van der Waals surface area (Å²) >= 11 is 0. The van der Waals surface area contributed by atoms with Gasteiger partial charge in [-0.25, -0.2) is 15.2 Å². The number of hydrogen-bond donors (Lipinski definition) is 3. The molecule has 0 bridgehead atoms. The molecule has 8 heteroatoms. The van der Waals surface area contributed by atoms with Crippen LogP contribution in [0.15, 0.2) is 30.5 Å². The molecule has 3 heterocycles. The summed E-state index contributed by atoms with van der Waals surface area (Å²) in [5.74, 6) is 1.02. The maximum Gasteiger partial charge on any atom is 0.271 e. The Balaban J connectivity index is 1.47. The predicted octanol–water partition coefficient (Wildman–Crippen LogP) is 3.80. The fourth-order valence-electron chi connectivity index (χ4n) is 4.76. The molecule has 172 valence electrons. The maximum absolute atomic E-state index is 11.9. The first kappa shape index (κ1) is 22.5. The van der Waals surface area contributed by atoms with Crippen molar-refractivity contribution in [2.45, 2.75) is 57.9 Å². The third-order valence-electron chi connectivity index (χ3n) is 7.01. The summed E-state index contributed by atoms with van der Waals surface area (Å²) in [7, 11) is 0. The molecule has 2 aromatic rings. The molecule has 0 unspecified atom stereocenters. The number of carbonyl (C=O) groups excluding carboxylic acids is 1. The molecule has 0 aliphatic carbocycles. The number of piperidine rings is 2. The van der Waals surface area contributed by atoms with Crippen molar-refractivity contribution < 1.29 is 14.6 Å². The van der Waals surface area contributed by atoms with Crippen LogP contribution in [0.2, 0.25) is 0 Å². The molecule has 0 atom stereocenters. The number of carbonyl (C=O) groups is 1. The van der Waals surface area contributed by atoms with E-state index in [1.54, 1.807) is 6.20 Å². The normalized spacial score (nSPS) is 23.9. The number of benzene rings is 1. The number of likely N-dealkylation sites (tertiary alicyclic amines) is 1. The van der Waals surface area contributed by atoms with Gasteiger partial charge >= 0.3 is 0 Å². The zero-order valence-corrected chi connectivity index (χ0v) is 19.1. The highest BCUT2D eigenvalue weighted by Crippen LogP contribution is 2.33. The zero-order chi connectivity index (χ0) is 22.7. The van der Waals surface area contributed by atoms with E-state index >= 15 is 0 Å². The summed E-state index contributed by atoms with van der Waals surface area (Å²) in [5.41, 5.74) is 7.80. The number of quaternary nitrogens is 1. The van der Waals surface area contributed by atoms with Gasteiger partial charge in [0.05, 0.1) is 6.20 Å². The van der Waals surface area contributed by atoms with Crippen LogP contribution in [0.1, 0.15) is 67.9 Å². The summed E-state index contributed by atoms with van der Waals surface area (Å²) in [5, 5.41) is 13.9. The highest BCUT2D eigenvalue weighted by atomic mass is 16.5. The molecular weight excluding hydrogens is 404 g/mol. The van der Waals surface area contributed by atoms with E-state index in [2.05, 4.69) is 46.2 Å². The van der Waals surface area contributed by atoms with Gasteiger partial charge in [-0.05, 0) is 56.7 Å². The minimum absolute atomic E-state index is 0.146. The second kappa shape index (κ2) is 9.42. The van der Waals surface area contributed by atoms with Gasteiger partial charge in [0.15, 0.2) is 11.5 Å². The van der Waals surface area contributed by atoms with Crippen molar-refractivity contribution in [3.8, 4) is 0 Å². The molecule has 4 N–H and O–H groups in total. The number of anilines is 3. The van der Waals surface area contributed by atoms with Crippen LogP contribution in [0, 0.1) is 0 Å². The van der Waals surface area contributed by atoms with Gasteiger partial charge in [-0.2, -0.15) is 4.65 Å². The van der Waals surface area contributed by atoms with Gasteiger partial charge < -0.3 is 16.0 Å². The average molecular weight is 440 g/mol. The van der Waals surface area contributed by atoms with E-state index in [1.165, 1.54) is 12.0 Å². The van der Waals surface area contributed by atoms with E-state index in [0.29, 0.717) is 11.7 Å². The molecule has 1 aromatic heterocycles. The van der Waals surface area contributed by atoms with E-state index in [9.17, 15) is 10.0 Å². The Morgan fingerprint density at radius 2 is 1.81 bits per heavy atom. The van der Waals surface area contributed by atoms with Gasteiger partial charge in [0.25, 0.3) is 5.91 Å². The first-order valence-corrected chi connectivity index (χ1v) is 11.7. The number of rotatable bonds is 6. The number of nitrogens with two attached hydrogens (primary N) is 1. The first-order chi connectivity index (χ1) is 15.4. The molecular formula is C24H35N6O2+. The fourth-order valence-corrected chi connectivity index (χ4v) is 4.76. The van der Waals surface area contributed by atoms with E-state index in [4.69, 9.17) is 5.73 Å². The minimum atomic E-state index is -0.597. The fraction of sp³-hybridized carbons (Fsp3) is 0.542. The lowest BCUT2D eigenvalue weighted by molar-refractivity contribution is -1.12. The highest BCUT2D eigenvalue weighted by molar-refractivity contribution is 5.96. The highest BCUT2D eigenvalue weighted by Gasteiger charge is 2.36. The molecule has 1 aromatic carbocycles. The molecule has 4 rings (SSSR count). The summed E-state index contributed by atoms with van der Waals surface area (Å²) in [4.78, 5) is 23.1.